The largest absolute Gasteiger partial charge is 0.508 e. The number of carbonyl (C=O) groups excluding carboxylic acids is 5. The number of phenolic OH excluding ortho intramolecular Hbond substituents is 1. The van der Waals surface area contributed by atoms with Crippen LogP contribution in [-0.2, 0) is 19.2 Å². The van der Waals surface area contributed by atoms with Crippen molar-refractivity contribution in [1.29, 1.82) is 0 Å². The smallest absolute Gasteiger partial charge is 0.323 e. The Balaban J connectivity index is 1.34. The molecule has 3 aliphatic rings. The van der Waals surface area contributed by atoms with Crippen LogP contribution in [0.15, 0.2) is 102 Å². The molecule has 14 heteroatoms. The van der Waals surface area contributed by atoms with Crippen molar-refractivity contribution in [2.75, 3.05) is 30.0 Å². The van der Waals surface area contributed by atoms with Crippen LogP contribution in [0, 0.1) is 17.8 Å². The van der Waals surface area contributed by atoms with Gasteiger partial charge in [-0.2, -0.15) is 0 Å². The van der Waals surface area contributed by atoms with Crippen LogP contribution >= 0.6 is 0 Å². The molecule has 9 N–H and O–H groups in total. The zero-order valence-corrected chi connectivity index (χ0v) is 30.0. The topological polar surface area (TPSA) is 232 Å². The second-order valence-electron chi connectivity index (χ2n) is 14.4. The Labute approximate surface area is 314 Å². The van der Waals surface area contributed by atoms with Gasteiger partial charge in [0, 0.05) is 34.9 Å². The van der Waals surface area contributed by atoms with Crippen molar-refractivity contribution >= 4 is 63.0 Å². The minimum absolute atomic E-state index is 0.123. The summed E-state index contributed by atoms with van der Waals surface area (Å²) in [7, 11) is 2.97. The second kappa shape index (κ2) is 13.7. The summed E-state index contributed by atoms with van der Waals surface area (Å²) in [6.07, 6.45) is -0.410. The highest BCUT2D eigenvalue weighted by Gasteiger charge is 2.68. The normalized spacial score (nSPS) is 24.6. The number of phenols is 1. The number of aliphatic hydroxyl groups excluding tert-OH is 2. The molecular weight excluding hydrogens is 706 g/mol. The number of nitrogens with zero attached hydrogens (tertiary/aromatic N) is 1. The number of hydrogen-bond donors (Lipinski definition) is 8. The van der Waals surface area contributed by atoms with Gasteiger partial charge in [-0.15, -0.1) is 0 Å². The number of carbonyl (C=O) groups is 5. The molecule has 6 atom stereocenters. The van der Waals surface area contributed by atoms with Crippen molar-refractivity contribution in [2.45, 2.75) is 30.9 Å². The fourth-order valence-electron chi connectivity index (χ4n) is 8.76. The van der Waals surface area contributed by atoms with Gasteiger partial charge in [-0.1, -0.05) is 67.6 Å². The molecule has 0 aromatic heterocycles. The Morgan fingerprint density at radius 2 is 1.49 bits per heavy atom. The van der Waals surface area contributed by atoms with E-state index in [0.29, 0.717) is 16.9 Å². The van der Waals surface area contributed by atoms with Gasteiger partial charge in [0.05, 0.1) is 23.0 Å². The van der Waals surface area contributed by atoms with E-state index in [1.807, 2.05) is 30.3 Å². The molecule has 1 fully saturated rings. The van der Waals surface area contributed by atoms with Gasteiger partial charge in [0.1, 0.15) is 22.8 Å². The molecule has 0 unspecified atom stereocenters. The quantitative estimate of drug-likeness (QED) is 0.0970. The van der Waals surface area contributed by atoms with Crippen molar-refractivity contribution in [3.63, 3.8) is 0 Å². The van der Waals surface area contributed by atoms with Crippen LogP contribution in [0.25, 0.3) is 16.5 Å². The lowest BCUT2D eigenvalue weighted by Crippen LogP contribution is -2.69. The third kappa shape index (κ3) is 5.86. The van der Waals surface area contributed by atoms with E-state index in [1.54, 1.807) is 55.5 Å². The monoisotopic (exact) mass is 745 g/mol. The van der Waals surface area contributed by atoms with E-state index in [0.717, 1.165) is 10.8 Å². The number of primary amides is 1. The Kier molecular flexibility index (Phi) is 9.19. The van der Waals surface area contributed by atoms with Gasteiger partial charge >= 0.3 is 6.03 Å². The lowest BCUT2D eigenvalue weighted by atomic mass is 9.50. The molecule has 4 aromatic carbocycles. The van der Waals surface area contributed by atoms with E-state index in [9.17, 15) is 44.4 Å². The molecule has 0 aliphatic heterocycles. The Bertz CT molecular complexity index is 2370. The fourth-order valence-corrected chi connectivity index (χ4v) is 8.76. The van der Waals surface area contributed by atoms with Crippen LogP contribution < -0.4 is 21.7 Å². The Morgan fingerprint density at radius 1 is 0.836 bits per heavy atom. The number of rotatable bonds is 7. The minimum Gasteiger partial charge on any atom is -0.508 e. The van der Waals surface area contributed by atoms with Crippen LogP contribution in [0.4, 0.5) is 21.9 Å². The average molecular weight is 746 g/mol. The van der Waals surface area contributed by atoms with Gasteiger partial charge in [0.25, 0.3) is 5.91 Å². The summed E-state index contributed by atoms with van der Waals surface area (Å²) in [5.41, 5.74) is 2.04. The summed E-state index contributed by atoms with van der Waals surface area (Å²) >= 11 is 0. The first-order chi connectivity index (χ1) is 26.2. The molecule has 0 radical (unpaired) electrons. The van der Waals surface area contributed by atoms with E-state index in [-0.39, 0.29) is 11.3 Å². The van der Waals surface area contributed by atoms with E-state index < -0.39 is 99.6 Å². The summed E-state index contributed by atoms with van der Waals surface area (Å²) in [5.74, 6) is -11.2. The zero-order chi connectivity index (χ0) is 39.5. The number of fused-ring (bicyclic) bond motifs is 4. The van der Waals surface area contributed by atoms with Gasteiger partial charge in [0.15, 0.2) is 11.4 Å². The highest BCUT2D eigenvalue weighted by Crippen LogP contribution is 2.59. The number of hydrogen-bond acceptors (Lipinski definition) is 10. The maximum absolute atomic E-state index is 14.7. The van der Waals surface area contributed by atoms with Crippen LogP contribution in [0.3, 0.4) is 0 Å². The predicted octanol–water partition coefficient (Wildman–Crippen LogP) is 4.58. The number of aromatic hydroxyl groups is 1. The fraction of sp³-hybridized carbons (Fsp3) is 0.244. The molecule has 7 rings (SSSR count). The number of urea groups is 1. The average Bonchev–Trinajstić information content (AvgIpc) is 3.14. The zero-order valence-electron chi connectivity index (χ0n) is 30.0. The van der Waals surface area contributed by atoms with E-state index >= 15 is 0 Å². The predicted molar refractivity (Wildman–Crippen MR) is 204 cm³/mol. The number of para-hydroxylation sites is 1. The molecule has 0 spiro atoms. The molecule has 0 bridgehead atoms. The summed E-state index contributed by atoms with van der Waals surface area (Å²) in [6, 6.07) is 22.2. The highest BCUT2D eigenvalue weighted by atomic mass is 16.3. The SMILES string of the molecule is C[C@H]1c2ccc(NC(=O)Nc3cccc4ccccc34)c(O)c2C(O)=C2C(=O)[C@]3(O)C(O)=C(C(N)=O)C(=O)[C@@H](N(C)C)[C@@H]3[C@@H](CC(=O)Nc3ccccc3)[C@@H]21. The van der Waals surface area contributed by atoms with Gasteiger partial charge in [-0.05, 0) is 61.1 Å². The number of amides is 4. The molecule has 4 aromatic rings. The van der Waals surface area contributed by atoms with Crippen molar-refractivity contribution in [1.82, 2.24) is 4.90 Å². The molecule has 1 saturated carbocycles. The minimum atomic E-state index is -3.01. The molecule has 3 aliphatic carbocycles. The summed E-state index contributed by atoms with van der Waals surface area (Å²) in [5, 5.41) is 57.4. The first kappa shape index (κ1) is 36.8. The van der Waals surface area contributed by atoms with Crippen LogP contribution in [0.1, 0.15) is 30.4 Å². The van der Waals surface area contributed by atoms with Crippen LogP contribution in [-0.4, -0.2) is 80.5 Å². The first-order valence-corrected chi connectivity index (χ1v) is 17.6. The van der Waals surface area contributed by atoms with E-state index in [1.165, 1.54) is 25.1 Å². The molecular formula is C41H39N5O9. The Hall–Kier alpha value is -6.51. The second-order valence-corrected chi connectivity index (χ2v) is 14.4. The van der Waals surface area contributed by atoms with Crippen molar-refractivity contribution in [3.05, 3.63) is 113 Å². The first-order valence-electron chi connectivity index (χ1n) is 17.6. The van der Waals surface area contributed by atoms with E-state index in [2.05, 4.69) is 16.0 Å². The molecule has 282 valence electrons. The van der Waals surface area contributed by atoms with E-state index in [4.69, 9.17) is 5.73 Å². The number of likely N-dealkylation sites (N-methyl/N-ethyl adjacent to an activating group) is 1. The summed E-state index contributed by atoms with van der Waals surface area (Å²) in [4.78, 5) is 69.6. The molecule has 0 heterocycles. The van der Waals surface area contributed by atoms with Crippen LogP contribution in [0.5, 0.6) is 5.75 Å². The van der Waals surface area contributed by atoms with Crippen molar-refractivity contribution < 1.29 is 44.4 Å². The lowest BCUT2D eigenvalue weighted by Gasteiger charge is -2.55. The summed E-state index contributed by atoms with van der Waals surface area (Å²) < 4.78 is 0. The number of aliphatic hydroxyl groups is 3. The summed E-state index contributed by atoms with van der Waals surface area (Å²) in [6.45, 7) is 1.70. The lowest BCUT2D eigenvalue weighted by molar-refractivity contribution is -0.162. The third-order valence-corrected chi connectivity index (χ3v) is 11.1. The molecule has 0 saturated heterocycles. The molecule has 55 heavy (non-hydrogen) atoms. The number of anilines is 3. The van der Waals surface area contributed by atoms with Crippen molar-refractivity contribution in [3.8, 4) is 5.75 Å². The maximum atomic E-state index is 14.7. The number of Topliss-reactive ketones (excluding diaryl/α,β-unsaturated/α-hetero) is 2. The number of ketones is 2. The number of nitrogens with two attached hydrogens (primary N) is 1. The highest BCUT2D eigenvalue weighted by molar-refractivity contribution is 6.24. The molecule has 4 amide bonds. The van der Waals surface area contributed by atoms with Gasteiger partial charge in [-0.25, -0.2) is 4.79 Å². The number of nitrogens with one attached hydrogen (secondary N) is 3. The number of benzene rings is 4. The maximum Gasteiger partial charge on any atom is 0.323 e. The Morgan fingerprint density at radius 3 is 2.18 bits per heavy atom. The van der Waals surface area contributed by atoms with Gasteiger partial charge < -0.3 is 42.1 Å². The third-order valence-electron chi connectivity index (χ3n) is 11.1. The van der Waals surface area contributed by atoms with Crippen molar-refractivity contribution in [2.24, 2.45) is 23.5 Å². The van der Waals surface area contributed by atoms with Gasteiger partial charge in [0.2, 0.25) is 11.7 Å². The van der Waals surface area contributed by atoms with Crippen LogP contribution in [0.2, 0.25) is 0 Å². The molecule has 14 nitrogen and oxygen atoms in total. The van der Waals surface area contributed by atoms with Gasteiger partial charge in [-0.3, -0.25) is 24.1 Å². The standard InChI is InChI=1S/C41H39N5O9/c1-19-22-16-17-26(45-40(54)44-25-15-9-11-20-10-7-8-14-23(20)25)34(48)29(22)35(49)30-28(19)24(18-27(47)43-21-12-5-4-6-13-21)32-33(46(2)3)36(50)31(39(42)53)38(52)41(32,55)37(30)51/h4-17,19,24,28,32-33,48-49,52,55H,18H2,1-3H3,(H2,42,53)(H,43,47)(H2,44,45,54)/t19-,24-,28-,32-,33-,41-/m0/s1.